The number of rotatable bonds is 8. The SMILES string of the molecule is NC(=O)CCn1c(SCC2CSc3nnc(-c4cccnc4)n32)nnc1-c1cccs1. The van der Waals surface area contributed by atoms with Crippen LogP contribution in [0.3, 0.4) is 0 Å². The van der Waals surface area contributed by atoms with Gasteiger partial charge < -0.3 is 10.3 Å². The van der Waals surface area contributed by atoms with Gasteiger partial charge in [-0.1, -0.05) is 29.6 Å². The molecule has 158 valence electrons. The van der Waals surface area contributed by atoms with Crippen LogP contribution in [0.2, 0.25) is 0 Å². The molecule has 0 radical (unpaired) electrons. The van der Waals surface area contributed by atoms with Gasteiger partial charge in [-0.2, -0.15) is 0 Å². The van der Waals surface area contributed by atoms with Gasteiger partial charge in [0.1, 0.15) is 0 Å². The highest BCUT2D eigenvalue weighted by molar-refractivity contribution is 8.00. The zero-order chi connectivity index (χ0) is 21.2. The molecule has 0 fully saturated rings. The number of carbonyl (C=O) groups is 1. The summed E-state index contributed by atoms with van der Waals surface area (Å²) in [6, 6.07) is 8.08. The zero-order valence-corrected chi connectivity index (χ0v) is 18.7. The Morgan fingerprint density at radius 1 is 1.19 bits per heavy atom. The third-order valence-electron chi connectivity index (χ3n) is 4.80. The smallest absolute Gasteiger partial charge is 0.219 e. The van der Waals surface area contributed by atoms with Gasteiger partial charge in [0.05, 0.1) is 10.9 Å². The van der Waals surface area contributed by atoms with E-state index in [1.54, 1.807) is 47.3 Å². The van der Waals surface area contributed by atoms with E-state index in [-0.39, 0.29) is 18.4 Å². The minimum Gasteiger partial charge on any atom is -0.370 e. The van der Waals surface area contributed by atoms with Crippen LogP contribution in [0.15, 0.2) is 52.4 Å². The van der Waals surface area contributed by atoms with Crippen molar-refractivity contribution < 1.29 is 4.79 Å². The first-order valence-electron chi connectivity index (χ1n) is 9.57. The van der Waals surface area contributed by atoms with Gasteiger partial charge in [-0.3, -0.25) is 14.3 Å². The van der Waals surface area contributed by atoms with Crippen LogP contribution in [0.1, 0.15) is 12.5 Å². The van der Waals surface area contributed by atoms with E-state index < -0.39 is 0 Å². The van der Waals surface area contributed by atoms with Crippen molar-refractivity contribution in [2.45, 2.75) is 29.3 Å². The largest absolute Gasteiger partial charge is 0.370 e. The van der Waals surface area contributed by atoms with Crippen molar-refractivity contribution in [3.63, 3.8) is 0 Å². The van der Waals surface area contributed by atoms with Crippen LogP contribution in [-0.2, 0) is 11.3 Å². The lowest BCUT2D eigenvalue weighted by molar-refractivity contribution is -0.118. The molecule has 0 bridgehead atoms. The molecule has 0 spiro atoms. The second-order valence-corrected chi connectivity index (χ2v) is 9.77. The molecule has 0 saturated carbocycles. The fourth-order valence-corrected chi connectivity index (χ4v) is 6.33. The second kappa shape index (κ2) is 8.81. The fraction of sp³-hybridized carbons (Fsp3) is 0.263. The van der Waals surface area contributed by atoms with Crippen molar-refractivity contribution in [1.82, 2.24) is 34.5 Å². The molecule has 5 rings (SSSR count). The predicted octanol–water partition coefficient (Wildman–Crippen LogP) is 2.97. The van der Waals surface area contributed by atoms with Crippen molar-refractivity contribution >= 4 is 40.8 Å². The summed E-state index contributed by atoms with van der Waals surface area (Å²) in [5.74, 6) is 2.95. The van der Waals surface area contributed by atoms with E-state index in [1.807, 2.05) is 34.2 Å². The molecule has 31 heavy (non-hydrogen) atoms. The van der Waals surface area contributed by atoms with Gasteiger partial charge in [0.25, 0.3) is 0 Å². The minimum atomic E-state index is -0.343. The van der Waals surface area contributed by atoms with Crippen LogP contribution in [0.5, 0.6) is 0 Å². The minimum absolute atomic E-state index is 0.210. The molecule has 12 heteroatoms. The molecule has 1 amide bonds. The second-order valence-electron chi connectivity index (χ2n) is 6.85. The molecule has 0 saturated heterocycles. The molecule has 5 heterocycles. The van der Waals surface area contributed by atoms with Gasteiger partial charge in [0.2, 0.25) is 5.91 Å². The van der Waals surface area contributed by atoms with E-state index in [2.05, 4.69) is 29.9 Å². The van der Waals surface area contributed by atoms with Gasteiger partial charge in [-0.25, -0.2) is 0 Å². The lowest BCUT2D eigenvalue weighted by Gasteiger charge is -2.14. The number of thioether (sulfide) groups is 2. The monoisotopic (exact) mass is 470 g/mol. The van der Waals surface area contributed by atoms with Gasteiger partial charge in [-0.15, -0.1) is 31.7 Å². The zero-order valence-electron chi connectivity index (χ0n) is 16.3. The third kappa shape index (κ3) is 4.10. The molecule has 2 N–H and O–H groups in total. The molecule has 9 nitrogen and oxygen atoms in total. The number of pyridine rings is 1. The Labute approximate surface area is 190 Å². The molecular formula is C19H18N8OS3. The summed E-state index contributed by atoms with van der Waals surface area (Å²) < 4.78 is 4.16. The van der Waals surface area contributed by atoms with Crippen molar-refractivity contribution in [3.8, 4) is 22.1 Å². The standard InChI is InChI=1S/C19H18N8OS3/c20-15(28)5-7-26-17(14-4-2-8-29-14)23-24-18(26)30-10-13-11-31-19-25-22-16(27(13)19)12-3-1-6-21-9-12/h1-4,6,8-9,13H,5,7,10-11H2,(H2,20,28). The number of primary amides is 1. The summed E-state index contributed by atoms with van der Waals surface area (Å²) in [6.07, 6.45) is 3.79. The Balaban J connectivity index is 1.38. The van der Waals surface area contributed by atoms with E-state index in [0.29, 0.717) is 6.54 Å². The molecule has 0 aliphatic carbocycles. The van der Waals surface area contributed by atoms with Gasteiger partial charge in [0, 0.05) is 42.4 Å². The molecule has 1 aliphatic rings. The maximum Gasteiger partial charge on any atom is 0.219 e. The molecular weight excluding hydrogens is 452 g/mol. The highest BCUT2D eigenvalue weighted by Crippen LogP contribution is 2.39. The highest BCUT2D eigenvalue weighted by atomic mass is 32.2. The fourth-order valence-electron chi connectivity index (χ4n) is 3.34. The van der Waals surface area contributed by atoms with Crippen LogP contribution >= 0.6 is 34.9 Å². The van der Waals surface area contributed by atoms with Gasteiger partial charge >= 0.3 is 0 Å². The van der Waals surface area contributed by atoms with E-state index in [0.717, 1.165) is 43.9 Å². The number of fused-ring (bicyclic) bond motifs is 1. The Kier molecular flexibility index (Phi) is 5.74. The van der Waals surface area contributed by atoms with Crippen molar-refractivity contribution in [2.24, 2.45) is 5.73 Å². The average molecular weight is 471 g/mol. The van der Waals surface area contributed by atoms with Gasteiger partial charge in [0.15, 0.2) is 22.0 Å². The molecule has 1 aliphatic heterocycles. The number of nitrogens with zero attached hydrogens (tertiary/aromatic N) is 7. The Morgan fingerprint density at radius 3 is 2.87 bits per heavy atom. The molecule has 4 aromatic rings. The van der Waals surface area contributed by atoms with E-state index in [1.165, 1.54) is 0 Å². The summed E-state index contributed by atoms with van der Waals surface area (Å²) in [5, 5.41) is 21.2. The number of nitrogens with two attached hydrogens (primary N) is 1. The van der Waals surface area contributed by atoms with Crippen LogP contribution in [0.25, 0.3) is 22.1 Å². The number of thiophene rings is 1. The van der Waals surface area contributed by atoms with E-state index in [4.69, 9.17) is 5.73 Å². The molecule has 1 unspecified atom stereocenters. The van der Waals surface area contributed by atoms with Crippen LogP contribution < -0.4 is 5.73 Å². The normalized spacial score (nSPS) is 15.3. The molecule has 0 aromatic carbocycles. The third-order valence-corrected chi connectivity index (χ3v) is 7.86. The summed E-state index contributed by atoms with van der Waals surface area (Å²) in [5.41, 5.74) is 6.34. The summed E-state index contributed by atoms with van der Waals surface area (Å²) in [6.45, 7) is 0.454. The van der Waals surface area contributed by atoms with Crippen LogP contribution in [0.4, 0.5) is 0 Å². The van der Waals surface area contributed by atoms with E-state index in [9.17, 15) is 4.79 Å². The quantitative estimate of drug-likeness (QED) is 0.391. The summed E-state index contributed by atoms with van der Waals surface area (Å²) in [7, 11) is 0. The summed E-state index contributed by atoms with van der Waals surface area (Å²) >= 11 is 4.92. The number of aromatic nitrogens is 7. The Hall–Kier alpha value is -2.70. The van der Waals surface area contributed by atoms with Gasteiger partial charge in [-0.05, 0) is 23.6 Å². The van der Waals surface area contributed by atoms with Crippen LogP contribution in [-0.4, -0.2) is 51.9 Å². The number of carbonyl (C=O) groups excluding carboxylic acids is 1. The van der Waals surface area contributed by atoms with Crippen molar-refractivity contribution in [2.75, 3.05) is 11.5 Å². The topological polar surface area (TPSA) is 117 Å². The molecule has 1 atom stereocenters. The molecule has 4 aromatic heterocycles. The first kappa shape index (κ1) is 20.2. The first-order chi connectivity index (χ1) is 15.2. The maximum atomic E-state index is 11.4. The Bertz CT molecular complexity index is 1190. The lowest BCUT2D eigenvalue weighted by atomic mass is 10.2. The predicted molar refractivity (Wildman–Crippen MR) is 121 cm³/mol. The number of hydrogen-bond donors (Lipinski definition) is 1. The van der Waals surface area contributed by atoms with Crippen LogP contribution in [0, 0.1) is 0 Å². The Morgan fingerprint density at radius 2 is 2.10 bits per heavy atom. The maximum absolute atomic E-state index is 11.4. The average Bonchev–Trinajstić information content (AvgIpc) is 3.56. The highest BCUT2D eigenvalue weighted by Gasteiger charge is 2.29. The first-order valence-corrected chi connectivity index (χ1v) is 12.4. The van der Waals surface area contributed by atoms with E-state index >= 15 is 0 Å². The summed E-state index contributed by atoms with van der Waals surface area (Å²) in [4.78, 5) is 16.6. The number of amides is 1. The van der Waals surface area contributed by atoms with Crippen molar-refractivity contribution in [1.29, 1.82) is 0 Å². The number of hydrogen-bond acceptors (Lipinski definition) is 9. The lowest BCUT2D eigenvalue weighted by Crippen LogP contribution is -2.15. The van der Waals surface area contributed by atoms with Crippen molar-refractivity contribution in [3.05, 3.63) is 42.0 Å².